The predicted octanol–water partition coefficient (Wildman–Crippen LogP) is 4.41. The average Bonchev–Trinajstić information content (AvgIpc) is 3.34. The molecule has 3 nitrogen and oxygen atoms in total. The molecule has 0 aliphatic heterocycles. The molecule has 0 saturated heterocycles. The van der Waals surface area contributed by atoms with Gasteiger partial charge < -0.3 is 4.90 Å². The molecule has 1 aliphatic carbocycles. The van der Waals surface area contributed by atoms with E-state index in [-0.39, 0.29) is 5.91 Å². The number of carbonyl (C=O) groups is 1. The first-order valence-corrected chi connectivity index (χ1v) is 8.79. The van der Waals surface area contributed by atoms with Gasteiger partial charge in [-0.2, -0.15) is 0 Å². The lowest BCUT2D eigenvalue weighted by Crippen LogP contribution is -2.32. The highest BCUT2D eigenvalue weighted by Crippen LogP contribution is 2.31. The molecule has 4 rings (SSSR count). The van der Waals surface area contributed by atoms with Crippen LogP contribution in [0.1, 0.15) is 33.6 Å². The van der Waals surface area contributed by atoms with Crippen LogP contribution in [0.2, 0.25) is 0 Å². The van der Waals surface area contributed by atoms with Gasteiger partial charge in [-0.3, -0.25) is 9.78 Å². The van der Waals surface area contributed by atoms with Crippen molar-refractivity contribution in [3.63, 3.8) is 0 Å². The largest absolute Gasteiger partial charge is 0.330 e. The maximum Gasteiger partial charge on any atom is 0.256 e. The third-order valence-electron chi connectivity index (χ3n) is 4.37. The molecule has 0 atom stereocenters. The fraction of sp³-hybridized carbons (Fsp3) is 0.263. The number of rotatable bonds is 4. The van der Waals surface area contributed by atoms with Crippen LogP contribution in [0, 0.1) is 6.92 Å². The van der Waals surface area contributed by atoms with Crippen LogP contribution >= 0.6 is 11.3 Å². The van der Waals surface area contributed by atoms with E-state index in [9.17, 15) is 4.79 Å². The summed E-state index contributed by atoms with van der Waals surface area (Å²) >= 11 is 1.73. The molecule has 4 heteroatoms. The molecular weight excluding hydrogens is 304 g/mol. The van der Waals surface area contributed by atoms with E-state index in [1.165, 1.54) is 10.4 Å². The van der Waals surface area contributed by atoms with E-state index in [1.807, 2.05) is 35.2 Å². The van der Waals surface area contributed by atoms with E-state index in [0.29, 0.717) is 18.2 Å². The predicted molar refractivity (Wildman–Crippen MR) is 93.7 cm³/mol. The molecule has 2 heterocycles. The lowest BCUT2D eigenvalue weighted by molar-refractivity contribution is 0.0731. The smallest absolute Gasteiger partial charge is 0.256 e. The van der Waals surface area contributed by atoms with E-state index in [0.717, 1.165) is 23.7 Å². The Hall–Kier alpha value is -2.20. The molecule has 1 fully saturated rings. The zero-order chi connectivity index (χ0) is 15.8. The van der Waals surface area contributed by atoms with Crippen molar-refractivity contribution in [3.8, 4) is 0 Å². The van der Waals surface area contributed by atoms with Crippen molar-refractivity contribution >= 4 is 28.1 Å². The minimum atomic E-state index is 0.0959. The third kappa shape index (κ3) is 2.86. The summed E-state index contributed by atoms with van der Waals surface area (Å²) in [5.74, 6) is 0.0959. The van der Waals surface area contributed by atoms with Gasteiger partial charge in [0, 0.05) is 22.5 Å². The van der Waals surface area contributed by atoms with Crippen LogP contribution in [0.25, 0.3) is 10.9 Å². The van der Waals surface area contributed by atoms with E-state index in [1.54, 1.807) is 17.5 Å². The molecule has 2 aromatic heterocycles. The van der Waals surface area contributed by atoms with Gasteiger partial charge in [0.05, 0.1) is 17.6 Å². The minimum Gasteiger partial charge on any atom is -0.330 e. The topological polar surface area (TPSA) is 33.2 Å². The number of fused-ring (bicyclic) bond motifs is 1. The highest BCUT2D eigenvalue weighted by Gasteiger charge is 2.33. The van der Waals surface area contributed by atoms with Crippen LogP contribution < -0.4 is 0 Å². The molecule has 0 N–H and O–H groups in total. The second kappa shape index (κ2) is 5.78. The summed E-state index contributed by atoms with van der Waals surface area (Å²) in [4.78, 5) is 20.7. The number of aryl methyl sites for hydroxylation is 1. The molecule has 0 radical (unpaired) electrons. The van der Waals surface area contributed by atoms with Crippen molar-refractivity contribution in [2.24, 2.45) is 0 Å². The van der Waals surface area contributed by atoms with Crippen LogP contribution in [0.15, 0.2) is 48.0 Å². The standard InChI is InChI=1S/C19H18N2OS/c1-13-8-9-23-18(13)12-21(16-6-7-16)19(22)15-10-14-4-2-3-5-17(14)20-11-15/h2-5,8-11,16H,6-7,12H2,1H3. The van der Waals surface area contributed by atoms with Crippen molar-refractivity contribution in [1.82, 2.24) is 9.88 Å². The summed E-state index contributed by atoms with van der Waals surface area (Å²) in [6.07, 6.45) is 3.93. The number of aromatic nitrogens is 1. The lowest BCUT2D eigenvalue weighted by atomic mass is 10.1. The molecule has 0 bridgehead atoms. The van der Waals surface area contributed by atoms with Crippen molar-refractivity contribution in [3.05, 3.63) is 64.0 Å². The van der Waals surface area contributed by atoms with Gasteiger partial charge in [0.25, 0.3) is 5.91 Å². The second-order valence-electron chi connectivity index (χ2n) is 6.11. The summed E-state index contributed by atoms with van der Waals surface area (Å²) in [5.41, 5.74) is 2.88. The lowest BCUT2D eigenvalue weighted by Gasteiger charge is -2.22. The Morgan fingerprint density at radius 3 is 2.87 bits per heavy atom. The van der Waals surface area contributed by atoms with Crippen LogP contribution in [0.3, 0.4) is 0 Å². The molecule has 0 unspecified atom stereocenters. The number of hydrogen-bond donors (Lipinski definition) is 0. The first-order chi connectivity index (χ1) is 11.2. The van der Waals surface area contributed by atoms with Crippen molar-refractivity contribution in [2.45, 2.75) is 32.4 Å². The van der Waals surface area contributed by atoms with Gasteiger partial charge in [-0.05, 0) is 48.9 Å². The number of hydrogen-bond acceptors (Lipinski definition) is 3. The van der Waals surface area contributed by atoms with Gasteiger partial charge >= 0.3 is 0 Å². The van der Waals surface area contributed by atoms with Gasteiger partial charge in [-0.15, -0.1) is 11.3 Å². The van der Waals surface area contributed by atoms with Gasteiger partial charge in [-0.25, -0.2) is 0 Å². The van der Waals surface area contributed by atoms with Crippen LogP contribution in [0.5, 0.6) is 0 Å². The Morgan fingerprint density at radius 2 is 2.13 bits per heavy atom. The Bertz CT molecular complexity index is 866. The zero-order valence-electron chi connectivity index (χ0n) is 13.0. The first-order valence-electron chi connectivity index (χ1n) is 7.91. The van der Waals surface area contributed by atoms with Crippen molar-refractivity contribution in [1.29, 1.82) is 0 Å². The summed E-state index contributed by atoms with van der Waals surface area (Å²) < 4.78 is 0. The summed E-state index contributed by atoms with van der Waals surface area (Å²) in [7, 11) is 0. The summed E-state index contributed by atoms with van der Waals surface area (Å²) in [5, 5.41) is 3.11. The monoisotopic (exact) mass is 322 g/mol. The van der Waals surface area contributed by atoms with Gasteiger partial charge in [0.1, 0.15) is 0 Å². The minimum absolute atomic E-state index is 0.0959. The second-order valence-corrected chi connectivity index (χ2v) is 7.11. The van der Waals surface area contributed by atoms with E-state index >= 15 is 0 Å². The summed E-state index contributed by atoms with van der Waals surface area (Å²) in [6.45, 7) is 2.82. The quantitative estimate of drug-likeness (QED) is 0.713. The fourth-order valence-electron chi connectivity index (χ4n) is 2.83. The third-order valence-corrected chi connectivity index (χ3v) is 5.38. The Morgan fingerprint density at radius 1 is 1.30 bits per heavy atom. The fourth-order valence-corrected chi connectivity index (χ4v) is 3.73. The average molecular weight is 322 g/mol. The number of thiophene rings is 1. The number of amides is 1. The van der Waals surface area contributed by atoms with E-state index in [2.05, 4.69) is 23.4 Å². The molecule has 23 heavy (non-hydrogen) atoms. The molecule has 1 saturated carbocycles. The molecule has 1 aromatic carbocycles. The maximum atomic E-state index is 13.0. The molecule has 1 amide bonds. The van der Waals surface area contributed by atoms with Gasteiger partial charge in [-0.1, -0.05) is 18.2 Å². The Labute approximate surface area is 139 Å². The maximum absolute atomic E-state index is 13.0. The van der Waals surface area contributed by atoms with Crippen molar-refractivity contribution in [2.75, 3.05) is 0 Å². The number of carbonyl (C=O) groups excluding carboxylic acids is 1. The number of pyridine rings is 1. The van der Waals surface area contributed by atoms with Gasteiger partial charge in [0.2, 0.25) is 0 Å². The first kappa shape index (κ1) is 14.4. The highest BCUT2D eigenvalue weighted by atomic mass is 32.1. The van der Waals surface area contributed by atoms with Gasteiger partial charge in [0.15, 0.2) is 0 Å². The number of benzene rings is 1. The highest BCUT2D eigenvalue weighted by molar-refractivity contribution is 7.10. The Balaban J connectivity index is 1.65. The van der Waals surface area contributed by atoms with E-state index < -0.39 is 0 Å². The molecule has 0 spiro atoms. The normalized spacial score (nSPS) is 14.1. The number of nitrogens with zero attached hydrogens (tertiary/aromatic N) is 2. The number of para-hydroxylation sites is 1. The SMILES string of the molecule is Cc1ccsc1CN(C(=O)c1cnc2ccccc2c1)C1CC1. The summed E-state index contributed by atoms with van der Waals surface area (Å²) in [6, 6.07) is 12.4. The molecule has 3 aromatic rings. The Kier molecular flexibility index (Phi) is 3.62. The van der Waals surface area contributed by atoms with Crippen LogP contribution in [0.4, 0.5) is 0 Å². The van der Waals surface area contributed by atoms with Crippen LogP contribution in [-0.4, -0.2) is 21.8 Å². The molecular formula is C19H18N2OS. The van der Waals surface area contributed by atoms with E-state index in [4.69, 9.17) is 0 Å². The molecule has 1 aliphatic rings. The zero-order valence-corrected chi connectivity index (χ0v) is 13.8. The van der Waals surface area contributed by atoms with Crippen LogP contribution in [-0.2, 0) is 6.54 Å². The molecule has 116 valence electrons. The van der Waals surface area contributed by atoms with Crippen molar-refractivity contribution < 1.29 is 4.79 Å².